The standard InChI is InChI=1S/C36H35N3O9/c1-44-25-14-10-22(11-15-25)20-39(31(40)21-38-28-9-7-6-8-27(28)33(41)36(38)43)32(35(42)37-24-12-16-26(45-2)17-13-24)23-18-29(46-3)34(48-5)30(19-23)47-4/h6-19,32H,20-21H2,1-5H3,(H,37,42)/t32-/m1/s1. The molecule has 0 unspecified atom stereocenters. The first-order chi connectivity index (χ1) is 23.2. The van der Waals surface area contributed by atoms with Gasteiger partial charge in [0.25, 0.3) is 17.6 Å². The van der Waals surface area contributed by atoms with Gasteiger partial charge in [-0.1, -0.05) is 24.3 Å². The van der Waals surface area contributed by atoms with Crippen molar-refractivity contribution in [2.75, 3.05) is 52.3 Å². The SMILES string of the molecule is COc1ccc(CN(C(=O)CN2C(=O)C(=O)c3ccccc32)[C@@H](C(=O)Nc2ccc(OC)cc2)c2cc(OC)c(OC)c(OC)c2)cc1. The predicted molar refractivity (Wildman–Crippen MR) is 177 cm³/mol. The van der Waals surface area contributed by atoms with Crippen LogP contribution in [0.5, 0.6) is 28.7 Å². The number of anilines is 2. The van der Waals surface area contributed by atoms with Crippen LogP contribution in [-0.4, -0.2) is 70.5 Å². The van der Waals surface area contributed by atoms with Crippen LogP contribution in [0.3, 0.4) is 0 Å². The quantitative estimate of drug-likeness (QED) is 0.205. The van der Waals surface area contributed by atoms with Crippen molar-refractivity contribution in [1.29, 1.82) is 0 Å². The molecule has 0 spiro atoms. The minimum absolute atomic E-state index is 0.0577. The lowest BCUT2D eigenvalue weighted by molar-refractivity contribution is -0.139. The van der Waals surface area contributed by atoms with E-state index in [1.807, 2.05) is 0 Å². The average Bonchev–Trinajstić information content (AvgIpc) is 3.35. The largest absolute Gasteiger partial charge is 0.497 e. The number of carbonyl (C=O) groups is 4. The van der Waals surface area contributed by atoms with Gasteiger partial charge in [-0.2, -0.15) is 0 Å². The lowest BCUT2D eigenvalue weighted by Crippen LogP contribution is -2.46. The Morgan fingerprint density at radius 3 is 1.90 bits per heavy atom. The number of fused-ring (bicyclic) bond motifs is 1. The highest BCUT2D eigenvalue weighted by Crippen LogP contribution is 2.41. The van der Waals surface area contributed by atoms with Gasteiger partial charge in [0.1, 0.15) is 24.1 Å². The van der Waals surface area contributed by atoms with E-state index >= 15 is 0 Å². The number of hydrogen-bond donors (Lipinski definition) is 1. The summed E-state index contributed by atoms with van der Waals surface area (Å²) in [6, 6.07) is 22.1. The van der Waals surface area contributed by atoms with Crippen LogP contribution in [0.2, 0.25) is 0 Å². The van der Waals surface area contributed by atoms with Gasteiger partial charge in [-0.15, -0.1) is 0 Å². The molecule has 4 aromatic carbocycles. The second-order valence-electron chi connectivity index (χ2n) is 10.7. The Bertz CT molecular complexity index is 1800. The van der Waals surface area contributed by atoms with Gasteiger partial charge in [-0.3, -0.25) is 24.1 Å². The zero-order valence-corrected chi connectivity index (χ0v) is 27.1. The summed E-state index contributed by atoms with van der Waals surface area (Å²) in [5.41, 5.74) is 1.97. The number of rotatable bonds is 13. The number of amides is 3. The molecule has 4 aromatic rings. The number of para-hydroxylation sites is 1. The van der Waals surface area contributed by atoms with Crippen LogP contribution in [0.15, 0.2) is 84.9 Å². The summed E-state index contributed by atoms with van der Waals surface area (Å²) < 4.78 is 27.2. The Labute approximate surface area is 277 Å². The minimum Gasteiger partial charge on any atom is -0.497 e. The first-order valence-corrected chi connectivity index (χ1v) is 14.8. The van der Waals surface area contributed by atoms with Crippen molar-refractivity contribution in [2.24, 2.45) is 0 Å². The molecule has 1 N–H and O–H groups in total. The molecule has 0 fully saturated rings. The number of hydrogen-bond acceptors (Lipinski definition) is 9. The van der Waals surface area contributed by atoms with Gasteiger partial charge < -0.3 is 33.9 Å². The van der Waals surface area contributed by atoms with Gasteiger partial charge in [0.15, 0.2) is 11.5 Å². The molecule has 1 aliphatic rings. The van der Waals surface area contributed by atoms with E-state index in [-0.39, 0.29) is 23.6 Å². The van der Waals surface area contributed by atoms with Crippen LogP contribution >= 0.6 is 0 Å². The Balaban J connectivity index is 1.63. The number of nitrogens with zero attached hydrogens (tertiary/aromatic N) is 2. The fourth-order valence-electron chi connectivity index (χ4n) is 5.50. The monoisotopic (exact) mass is 653 g/mol. The number of Topliss-reactive ketones (excluding diaryl/α,β-unsaturated/α-hetero) is 1. The number of nitrogens with one attached hydrogen (secondary N) is 1. The van der Waals surface area contributed by atoms with Crippen LogP contribution in [0.4, 0.5) is 11.4 Å². The molecule has 0 radical (unpaired) electrons. The zero-order chi connectivity index (χ0) is 34.4. The summed E-state index contributed by atoms with van der Waals surface area (Å²) in [5.74, 6) is -0.694. The van der Waals surface area contributed by atoms with Crippen LogP contribution in [0.1, 0.15) is 27.5 Å². The molecular formula is C36H35N3O9. The first-order valence-electron chi connectivity index (χ1n) is 14.8. The molecule has 0 saturated heterocycles. The third kappa shape index (κ3) is 6.73. The summed E-state index contributed by atoms with van der Waals surface area (Å²) in [7, 11) is 7.43. The molecule has 248 valence electrons. The fourth-order valence-corrected chi connectivity index (χ4v) is 5.50. The topological polar surface area (TPSA) is 133 Å². The van der Waals surface area contributed by atoms with Gasteiger partial charge in [0.2, 0.25) is 11.7 Å². The number of methoxy groups -OCH3 is 5. The molecule has 1 heterocycles. The van der Waals surface area contributed by atoms with Crippen molar-refractivity contribution in [1.82, 2.24) is 4.90 Å². The minimum atomic E-state index is -1.29. The number of ether oxygens (including phenoxy) is 5. The lowest BCUT2D eigenvalue weighted by Gasteiger charge is -2.33. The van der Waals surface area contributed by atoms with Gasteiger partial charge in [0, 0.05) is 12.2 Å². The first kappa shape index (κ1) is 33.3. The van der Waals surface area contributed by atoms with Crippen molar-refractivity contribution in [3.63, 3.8) is 0 Å². The molecule has 48 heavy (non-hydrogen) atoms. The zero-order valence-electron chi connectivity index (χ0n) is 27.1. The van der Waals surface area contributed by atoms with Crippen molar-refractivity contribution in [3.05, 3.63) is 102 Å². The van der Waals surface area contributed by atoms with E-state index in [2.05, 4.69) is 5.32 Å². The molecule has 12 nitrogen and oxygen atoms in total. The Morgan fingerprint density at radius 2 is 1.33 bits per heavy atom. The molecule has 0 bridgehead atoms. The molecular weight excluding hydrogens is 618 g/mol. The summed E-state index contributed by atoms with van der Waals surface area (Å²) in [6.07, 6.45) is 0. The molecule has 0 aromatic heterocycles. The number of benzene rings is 4. The van der Waals surface area contributed by atoms with E-state index in [0.717, 1.165) is 4.90 Å². The Hall–Kier alpha value is -6.04. The maximum atomic E-state index is 14.5. The van der Waals surface area contributed by atoms with E-state index in [9.17, 15) is 19.2 Å². The lowest BCUT2D eigenvalue weighted by atomic mass is 10.0. The van der Waals surface area contributed by atoms with Crippen molar-refractivity contribution >= 4 is 34.9 Å². The summed E-state index contributed by atoms with van der Waals surface area (Å²) in [6.45, 7) is -0.563. The molecule has 0 aliphatic carbocycles. The Kier molecular flexibility index (Phi) is 10.1. The summed E-state index contributed by atoms with van der Waals surface area (Å²) in [5, 5.41) is 2.90. The summed E-state index contributed by atoms with van der Waals surface area (Å²) >= 11 is 0. The van der Waals surface area contributed by atoms with Crippen molar-refractivity contribution in [3.8, 4) is 28.7 Å². The molecule has 0 saturated carbocycles. The summed E-state index contributed by atoms with van der Waals surface area (Å²) in [4.78, 5) is 57.3. The van der Waals surface area contributed by atoms with E-state index in [1.54, 1.807) is 86.0 Å². The fraction of sp³-hybridized carbons (Fsp3) is 0.222. The molecule has 12 heteroatoms. The third-order valence-corrected chi connectivity index (χ3v) is 7.92. The Morgan fingerprint density at radius 1 is 0.750 bits per heavy atom. The molecule has 1 aliphatic heterocycles. The average molecular weight is 654 g/mol. The predicted octanol–water partition coefficient (Wildman–Crippen LogP) is 4.67. The smallest absolute Gasteiger partial charge is 0.299 e. The van der Waals surface area contributed by atoms with E-state index in [0.29, 0.717) is 39.8 Å². The van der Waals surface area contributed by atoms with E-state index in [1.165, 1.54) is 39.4 Å². The molecule has 5 rings (SSSR count). The second kappa shape index (κ2) is 14.6. The van der Waals surface area contributed by atoms with Gasteiger partial charge in [-0.25, -0.2) is 0 Å². The van der Waals surface area contributed by atoms with E-state index in [4.69, 9.17) is 23.7 Å². The van der Waals surface area contributed by atoms with Crippen LogP contribution < -0.4 is 33.9 Å². The highest BCUT2D eigenvalue weighted by Gasteiger charge is 2.40. The van der Waals surface area contributed by atoms with Crippen LogP contribution in [0.25, 0.3) is 0 Å². The van der Waals surface area contributed by atoms with Crippen molar-refractivity contribution in [2.45, 2.75) is 12.6 Å². The van der Waals surface area contributed by atoms with Crippen LogP contribution in [0, 0.1) is 0 Å². The highest BCUT2D eigenvalue weighted by atomic mass is 16.5. The third-order valence-electron chi connectivity index (χ3n) is 7.92. The second-order valence-corrected chi connectivity index (χ2v) is 10.7. The van der Waals surface area contributed by atoms with Gasteiger partial charge >= 0.3 is 0 Å². The number of carbonyl (C=O) groups excluding carboxylic acids is 4. The van der Waals surface area contributed by atoms with Gasteiger partial charge in [0.05, 0.1) is 46.8 Å². The van der Waals surface area contributed by atoms with Gasteiger partial charge in [-0.05, 0) is 71.8 Å². The molecule has 1 atom stereocenters. The maximum Gasteiger partial charge on any atom is 0.299 e. The highest BCUT2D eigenvalue weighted by molar-refractivity contribution is 6.52. The maximum absolute atomic E-state index is 14.5. The van der Waals surface area contributed by atoms with E-state index < -0.39 is 36.1 Å². The van der Waals surface area contributed by atoms with Crippen LogP contribution in [-0.2, 0) is 20.9 Å². The number of ketones is 1. The molecule has 3 amide bonds. The van der Waals surface area contributed by atoms with Crippen molar-refractivity contribution < 1.29 is 42.9 Å². The normalized spacial score (nSPS) is 12.6.